The molecule has 1 N–H and O–H groups in total. The summed E-state index contributed by atoms with van der Waals surface area (Å²) >= 11 is 0. The molecule has 0 saturated carbocycles. The summed E-state index contributed by atoms with van der Waals surface area (Å²) in [5, 5.41) is 10.2. The van der Waals surface area contributed by atoms with Crippen LogP contribution in [-0.4, -0.2) is 23.1 Å². The van der Waals surface area contributed by atoms with Gasteiger partial charge in [0.25, 0.3) is 0 Å². The monoisotopic (exact) mass is 201 g/mol. The molecule has 1 aromatic rings. The Morgan fingerprint density at radius 2 is 2.13 bits per heavy atom. The van der Waals surface area contributed by atoms with E-state index in [2.05, 4.69) is 4.99 Å². The van der Waals surface area contributed by atoms with Crippen molar-refractivity contribution in [2.75, 3.05) is 0 Å². The fourth-order valence-electron chi connectivity index (χ4n) is 1.46. The maximum atomic E-state index is 10.8. The van der Waals surface area contributed by atoms with E-state index in [9.17, 15) is 9.59 Å². The Labute approximate surface area is 84.9 Å². The van der Waals surface area contributed by atoms with Gasteiger partial charge in [0, 0.05) is 5.22 Å². The van der Waals surface area contributed by atoms with E-state index in [4.69, 9.17) is 5.11 Å². The van der Waals surface area contributed by atoms with E-state index in [0.29, 0.717) is 5.36 Å². The lowest BCUT2D eigenvalue weighted by molar-refractivity contribution is -0.137. The van der Waals surface area contributed by atoms with E-state index in [1.54, 1.807) is 30.2 Å². The molecule has 1 aliphatic heterocycles. The predicted octanol–water partition coefficient (Wildman–Crippen LogP) is -0.688. The summed E-state index contributed by atoms with van der Waals surface area (Å²) in [6.45, 7) is 0. The number of carbonyl (C=O) groups is 1. The molecule has 1 aliphatic rings. The summed E-state index contributed by atoms with van der Waals surface area (Å²) in [4.78, 5) is 25.4. The van der Waals surface area contributed by atoms with Gasteiger partial charge in [-0.1, -0.05) is 18.2 Å². The lowest BCUT2D eigenvalue weighted by atomic mass is 10.0. The third-order valence-electron chi connectivity index (χ3n) is 2.16. The van der Waals surface area contributed by atoms with E-state index < -0.39 is 12.0 Å². The van der Waals surface area contributed by atoms with Crippen molar-refractivity contribution in [1.82, 2.24) is 0 Å². The highest BCUT2D eigenvalue weighted by molar-refractivity contribution is 5.87. The highest BCUT2D eigenvalue weighted by Gasteiger charge is 2.22. The molecule has 4 heteroatoms. The van der Waals surface area contributed by atoms with Gasteiger partial charge >= 0.3 is 5.97 Å². The molecule has 0 spiro atoms. The predicted molar refractivity (Wildman–Crippen MR) is 52.3 cm³/mol. The first-order valence-corrected chi connectivity index (χ1v) is 4.35. The van der Waals surface area contributed by atoms with Crippen LogP contribution in [0.15, 0.2) is 34.8 Å². The van der Waals surface area contributed by atoms with Gasteiger partial charge in [-0.3, -0.25) is 4.99 Å². The second kappa shape index (κ2) is 3.52. The first-order valence-electron chi connectivity index (χ1n) is 4.35. The standard InChI is InChI=1S/C11H7NO3/c13-6-8-5-7-3-1-2-4-9(7)12-10(8)11(14)15/h1-5,10H,(H,14,15). The molecule has 0 bridgehead atoms. The van der Waals surface area contributed by atoms with Crippen molar-refractivity contribution in [3.8, 4) is 0 Å². The van der Waals surface area contributed by atoms with Crippen molar-refractivity contribution in [2.45, 2.75) is 6.04 Å². The van der Waals surface area contributed by atoms with Crippen molar-refractivity contribution in [3.05, 3.63) is 40.4 Å². The Hall–Kier alpha value is -2.19. The third kappa shape index (κ3) is 1.58. The molecule has 1 atom stereocenters. The maximum absolute atomic E-state index is 10.8. The van der Waals surface area contributed by atoms with Crippen LogP contribution in [0.3, 0.4) is 0 Å². The van der Waals surface area contributed by atoms with Crippen molar-refractivity contribution in [3.63, 3.8) is 0 Å². The molecule has 1 aromatic carbocycles. The second-order valence-corrected chi connectivity index (χ2v) is 3.13. The number of hydrogen-bond donors (Lipinski definition) is 1. The molecule has 74 valence electrons. The molecular formula is C11H7NO3. The molecule has 0 radical (unpaired) electrons. The van der Waals surface area contributed by atoms with Crippen molar-refractivity contribution < 1.29 is 14.7 Å². The van der Waals surface area contributed by atoms with Crippen LogP contribution >= 0.6 is 0 Å². The first kappa shape index (κ1) is 9.37. The molecule has 4 nitrogen and oxygen atoms in total. The summed E-state index contributed by atoms with van der Waals surface area (Å²) < 4.78 is 0. The number of carbonyl (C=O) groups excluding carboxylic acids is 1. The minimum atomic E-state index is -1.14. The molecule has 15 heavy (non-hydrogen) atoms. The lowest BCUT2D eigenvalue weighted by Crippen LogP contribution is -2.35. The Bertz CT molecular complexity index is 582. The van der Waals surface area contributed by atoms with Crippen LogP contribution < -0.4 is 10.6 Å². The van der Waals surface area contributed by atoms with Gasteiger partial charge in [-0.2, -0.15) is 0 Å². The van der Waals surface area contributed by atoms with Crippen LogP contribution in [-0.2, 0) is 9.59 Å². The van der Waals surface area contributed by atoms with Gasteiger partial charge in [0.2, 0.25) is 0 Å². The zero-order chi connectivity index (χ0) is 10.8. The Kier molecular flexibility index (Phi) is 2.20. The fraction of sp³-hybridized carbons (Fsp3) is 0.0909. The molecule has 0 amide bonds. The van der Waals surface area contributed by atoms with Gasteiger partial charge in [0.1, 0.15) is 5.94 Å². The van der Waals surface area contributed by atoms with Crippen LogP contribution in [0.25, 0.3) is 6.08 Å². The van der Waals surface area contributed by atoms with Crippen LogP contribution in [0.4, 0.5) is 0 Å². The Morgan fingerprint density at radius 3 is 2.80 bits per heavy atom. The van der Waals surface area contributed by atoms with Gasteiger partial charge in [0.15, 0.2) is 6.04 Å². The van der Waals surface area contributed by atoms with E-state index in [-0.39, 0.29) is 5.57 Å². The molecule has 0 fully saturated rings. The quantitative estimate of drug-likeness (QED) is 0.612. The van der Waals surface area contributed by atoms with Crippen LogP contribution in [0, 0.1) is 0 Å². The summed E-state index contributed by atoms with van der Waals surface area (Å²) in [6.07, 6.45) is 1.51. The maximum Gasteiger partial charge on any atom is 0.333 e. The van der Waals surface area contributed by atoms with Gasteiger partial charge in [-0.25, -0.2) is 9.59 Å². The number of rotatable bonds is 1. The highest BCUT2D eigenvalue weighted by Crippen LogP contribution is 2.06. The van der Waals surface area contributed by atoms with E-state index in [1.165, 1.54) is 6.08 Å². The minimum absolute atomic E-state index is 0.0567. The summed E-state index contributed by atoms with van der Waals surface area (Å²) in [7, 11) is 0. The van der Waals surface area contributed by atoms with Crippen molar-refractivity contribution >= 4 is 18.0 Å². The van der Waals surface area contributed by atoms with E-state index in [0.717, 1.165) is 5.22 Å². The number of nitrogens with zero attached hydrogens (tertiary/aromatic N) is 1. The topological polar surface area (TPSA) is 66.7 Å². The number of aliphatic carboxylic acids is 1. The number of para-hydroxylation sites is 1. The average molecular weight is 201 g/mol. The van der Waals surface area contributed by atoms with E-state index >= 15 is 0 Å². The molecule has 1 heterocycles. The lowest BCUT2D eigenvalue weighted by Gasteiger charge is -2.09. The van der Waals surface area contributed by atoms with Crippen molar-refractivity contribution in [1.29, 1.82) is 0 Å². The zero-order valence-corrected chi connectivity index (χ0v) is 7.68. The first-order chi connectivity index (χ1) is 7.22. The molecule has 0 aromatic heterocycles. The van der Waals surface area contributed by atoms with Crippen LogP contribution in [0.5, 0.6) is 0 Å². The zero-order valence-electron chi connectivity index (χ0n) is 7.68. The summed E-state index contributed by atoms with van der Waals surface area (Å²) in [5.41, 5.74) is 0.0567. The number of fused-ring (bicyclic) bond motifs is 1. The molecular weight excluding hydrogens is 194 g/mol. The largest absolute Gasteiger partial charge is 0.479 e. The molecule has 2 rings (SSSR count). The SMILES string of the molecule is O=C=C1C=c2ccccc2=NC1C(=O)O. The van der Waals surface area contributed by atoms with Gasteiger partial charge in [-0.15, -0.1) is 0 Å². The summed E-state index contributed by atoms with van der Waals surface area (Å²) in [5.74, 6) is 0.473. The number of carboxylic acids is 1. The Morgan fingerprint density at radius 1 is 1.40 bits per heavy atom. The minimum Gasteiger partial charge on any atom is -0.479 e. The Balaban J connectivity index is 2.74. The highest BCUT2D eigenvalue weighted by atomic mass is 16.4. The van der Waals surface area contributed by atoms with E-state index in [1.807, 2.05) is 0 Å². The fourth-order valence-corrected chi connectivity index (χ4v) is 1.46. The number of carboxylic acid groups (broad SMARTS) is 1. The molecule has 0 aliphatic carbocycles. The number of hydrogen-bond acceptors (Lipinski definition) is 3. The number of benzene rings is 1. The second-order valence-electron chi connectivity index (χ2n) is 3.13. The normalized spacial score (nSPS) is 18.1. The third-order valence-corrected chi connectivity index (χ3v) is 2.16. The smallest absolute Gasteiger partial charge is 0.333 e. The summed E-state index contributed by atoms with van der Waals surface area (Å²) in [6, 6.07) is 5.92. The van der Waals surface area contributed by atoms with Gasteiger partial charge < -0.3 is 5.11 Å². The van der Waals surface area contributed by atoms with Gasteiger partial charge in [0.05, 0.1) is 10.9 Å². The molecule has 1 unspecified atom stereocenters. The average Bonchev–Trinajstić information content (AvgIpc) is 2.27. The van der Waals surface area contributed by atoms with Gasteiger partial charge in [-0.05, 0) is 12.1 Å². The van der Waals surface area contributed by atoms with Crippen LogP contribution in [0.2, 0.25) is 0 Å². The van der Waals surface area contributed by atoms with Crippen molar-refractivity contribution in [2.24, 2.45) is 4.99 Å². The molecule has 0 saturated heterocycles. The van der Waals surface area contributed by atoms with Crippen LogP contribution in [0.1, 0.15) is 0 Å².